The number of hydrogen-bond donors (Lipinski definition) is 0. The molecule has 6 heteroatoms. The Labute approximate surface area is 142 Å². The van der Waals surface area contributed by atoms with Crippen LogP contribution in [0.3, 0.4) is 0 Å². The molecule has 1 heterocycles. The van der Waals surface area contributed by atoms with Crippen molar-refractivity contribution in [1.29, 1.82) is 5.26 Å². The Bertz CT molecular complexity index is 1020. The average Bonchev–Trinajstić information content (AvgIpc) is 2.64. The van der Waals surface area contributed by atoms with Crippen LogP contribution < -0.4 is 5.43 Å². The second-order valence-electron chi connectivity index (χ2n) is 4.41. The number of carbonyl (C=O) groups excluding carboxylic acids is 1. The number of oxime groups is 1. The number of hydrogen-bond acceptors (Lipinski definition) is 6. The molecule has 0 N–H and O–H groups in total. The van der Waals surface area contributed by atoms with Gasteiger partial charge in [-0.3, -0.25) is 4.79 Å². The number of benzene rings is 2. The van der Waals surface area contributed by atoms with Gasteiger partial charge in [0.05, 0.1) is 6.21 Å². The van der Waals surface area contributed by atoms with Crippen LogP contribution in [0.15, 0.2) is 52.4 Å². The molecular formula is C18H14N2O3S. The third kappa shape index (κ3) is 3.65. The number of carbonyl (C=O) groups is 1. The fourth-order valence-electron chi connectivity index (χ4n) is 2.06. The van der Waals surface area contributed by atoms with Crippen LogP contribution in [-0.4, -0.2) is 12.2 Å². The lowest BCUT2D eigenvalue weighted by atomic mass is 10.1. The van der Waals surface area contributed by atoms with Gasteiger partial charge in [-0.2, -0.15) is 5.26 Å². The molecular weight excluding hydrogens is 324 g/mol. The smallest absolute Gasteiger partial charge is 0.303 e. The first-order valence-electron chi connectivity index (χ1n) is 7.29. The van der Waals surface area contributed by atoms with Gasteiger partial charge >= 0.3 is 5.97 Å². The standard InChI is InChI=1S/C16H8N2O3S.C2H6/c17-8-15(19)21-18-9-10-5-6-14-12(7-10)16(20)11-3-1-2-4-13(11)22-14;1-2/h1-7,9H;1-2H3/b18-9+;. The van der Waals surface area contributed by atoms with Gasteiger partial charge < -0.3 is 4.84 Å². The molecule has 1 aromatic heterocycles. The molecule has 0 fully saturated rings. The summed E-state index contributed by atoms with van der Waals surface area (Å²) in [6, 6.07) is 14.0. The third-order valence-corrected chi connectivity index (χ3v) is 4.18. The van der Waals surface area contributed by atoms with Crippen molar-refractivity contribution < 1.29 is 9.63 Å². The molecule has 0 aliphatic heterocycles. The van der Waals surface area contributed by atoms with E-state index in [0.29, 0.717) is 16.3 Å². The van der Waals surface area contributed by atoms with Gasteiger partial charge in [-0.25, -0.2) is 4.79 Å². The van der Waals surface area contributed by atoms with Gasteiger partial charge in [0, 0.05) is 20.2 Å². The maximum Gasteiger partial charge on any atom is 0.436 e. The zero-order valence-corrected chi connectivity index (χ0v) is 14.0. The highest BCUT2D eigenvalue weighted by molar-refractivity contribution is 7.24. The van der Waals surface area contributed by atoms with Gasteiger partial charge in [0.25, 0.3) is 0 Å². The lowest BCUT2D eigenvalue weighted by molar-refractivity contribution is -0.136. The van der Waals surface area contributed by atoms with E-state index in [0.717, 1.165) is 9.40 Å². The minimum Gasteiger partial charge on any atom is -0.303 e. The number of nitrogens with zero attached hydrogens (tertiary/aromatic N) is 2. The fourth-order valence-corrected chi connectivity index (χ4v) is 3.11. The van der Waals surface area contributed by atoms with Crippen LogP contribution in [0.2, 0.25) is 0 Å². The van der Waals surface area contributed by atoms with Crippen molar-refractivity contribution in [1.82, 2.24) is 0 Å². The van der Waals surface area contributed by atoms with E-state index in [9.17, 15) is 9.59 Å². The van der Waals surface area contributed by atoms with E-state index in [2.05, 4.69) is 9.99 Å². The molecule has 3 aromatic rings. The van der Waals surface area contributed by atoms with Crippen molar-refractivity contribution in [2.75, 3.05) is 0 Å². The van der Waals surface area contributed by atoms with E-state index in [1.165, 1.54) is 23.6 Å². The summed E-state index contributed by atoms with van der Waals surface area (Å²) in [4.78, 5) is 27.5. The quantitative estimate of drug-likeness (QED) is 0.234. The Morgan fingerprint density at radius 2 is 1.88 bits per heavy atom. The summed E-state index contributed by atoms with van der Waals surface area (Å²) in [5.41, 5.74) is 0.562. The lowest BCUT2D eigenvalue weighted by Gasteiger charge is -2.01. The predicted molar refractivity (Wildman–Crippen MR) is 96.2 cm³/mol. The summed E-state index contributed by atoms with van der Waals surface area (Å²) in [7, 11) is 0. The molecule has 3 rings (SSSR count). The molecule has 0 bridgehead atoms. The van der Waals surface area contributed by atoms with Crippen LogP contribution in [0.25, 0.3) is 20.2 Å². The molecule has 0 aliphatic rings. The van der Waals surface area contributed by atoms with Crippen LogP contribution in [0.1, 0.15) is 19.4 Å². The highest BCUT2D eigenvalue weighted by atomic mass is 32.1. The zero-order valence-electron chi connectivity index (χ0n) is 13.1. The zero-order chi connectivity index (χ0) is 17.5. The maximum absolute atomic E-state index is 12.5. The first-order chi connectivity index (χ1) is 11.7. The van der Waals surface area contributed by atoms with Crippen LogP contribution in [-0.2, 0) is 9.63 Å². The van der Waals surface area contributed by atoms with Crippen molar-refractivity contribution in [3.63, 3.8) is 0 Å². The molecule has 0 radical (unpaired) electrons. The van der Waals surface area contributed by atoms with Gasteiger partial charge in [-0.1, -0.05) is 37.2 Å². The second-order valence-corrected chi connectivity index (χ2v) is 5.49. The number of fused-ring (bicyclic) bond motifs is 2. The summed E-state index contributed by atoms with van der Waals surface area (Å²) in [5.74, 6) is -1.09. The molecule has 0 saturated heterocycles. The summed E-state index contributed by atoms with van der Waals surface area (Å²) in [5, 5.41) is 12.9. The first kappa shape index (κ1) is 17.3. The Morgan fingerprint density at radius 3 is 2.62 bits per heavy atom. The van der Waals surface area contributed by atoms with Crippen LogP contribution in [0.4, 0.5) is 0 Å². The summed E-state index contributed by atoms with van der Waals surface area (Å²) in [6.45, 7) is 4.00. The van der Waals surface area contributed by atoms with E-state index in [1.807, 2.05) is 38.1 Å². The summed E-state index contributed by atoms with van der Waals surface area (Å²) >= 11 is 1.53. The Hall–Kier alpha value is -3.04. The Balaban J connectivity index is 0.00000100. The van der Waals surface area contributed by atoms with Crippen LogP contribution in [0.5, 0.6) is 0 Å². The molecule has 5 nitrogen and oxygen atoms in total. The maximum atomic E-state index is 12.5. The van der Waals surface area contributed by atoms with Gasteiger partial charge in [0.2, 0.25) is 0 Å². The fraction of sp³-hybridized carbons (Fsp3) is 0.111. The highest BCUT2D eigenvalue weighted by Crippen LogP contribution is 2.24. The molecule has 0 atom stereocenters. The Kier molecular flexibility index (Phi) is 5.77. The topological polar surface area (TPSA) is 79.5 Å². The molecule has 0 aliphatic carbocycles. The first-order valence-corrected chi connectivity index (χ1v) is 8.11. The van der Waals surface area contributed by atoms with Gasteiger partial charge in [0.15, 0.2) is 11.5 Å². The number of nitriles is 1. The average molecular weight is 338 g/mol. The molecule has 120 valence electrons. The number of rotatable bonds is 2. The normalized spacial score (nSPS) is 10.2. The van der Waals surface area contributed by atoms with Gasteiger partial charge in [-0.15, -0.1) is 11.3 Å². The lowest BCUT2D eigenvalue weighted by Crippen LogP contribution is -2.01. The highest BCUT2D eigenvalue weighted by Gasteiger charge is 2.06. The molecule has 0 unspecified atom stereocenters. The van der Waals surface area contributed by atoms with Crippen molar-refractivity contribution in [3.05, 3.63) is 58.3 Å². The minimum absolute atomic E-state index is 0.0476. The van der Waals surface area contributed by atoms with E-state index in [-0.39, 0.29) is 5.43 Å². The van der Waals surface area contributed by atoms with Crippen molar-refractivity contribution >= 4 is 43.7 Å². The molecule has 0 amide bonds. The minimum atomic E-state index is -1.09. The van der Waals surface area contributed by atoms with Crippen LogP contribution >= 0.6 is 11.3 Å². The van der Waals surface area contributed by atoms with E-state index >= 15 is 0 Å². The summed E-state index contributed by atoms with van der Waals surface area (Å²) < 4.78 is 1.80. The third-order valence-electron chi connectivity index (χ3n) is 3.03. The van der Waals surface area contributed by atoms with Gasteiger partial charge in [0.1, 0.15) is 0 Å². The van der Waals surface area contributed by atoms with Crippen molar-refractivity contribution in [3.8, 4) is 6.07 Å². The monoisotopic (exact) mass is 338 g/mol. The van der Waals surface area contributed by atoms with Gasteiger partial charge in [-0.05, 0) is 29.8 Å². The largest absolute Gasteiger partial charge is 0.436 e. The molecule has 0 saturated carbocycles. The molecule has 2 aromatic carbocycles. The van der Waals surface area contributed by atoms with Crippen molar-refractivity contribution in [2.45, 2.75) is 13.8 Å². The van der Waals surface area contributed by atoms with Crippen LogP contribution in [0, 0.1) is 11.3 Å². The molecule has 0 spiro atoms. The van der Waals surface area contributed by atoms with E-state index < -0.39 is 5.97 Å². The summed E-state index contributed by atoms with van der Waals surface area (Å²) in [6.07, 6.45) is 1.29. The predicted octanol–water partition coefficient (Wildman–Crippen LogP) is 3.84. The second kappa shape index (κ2) is 7.99. The Morgan fingerprint density at radius 1 is 1.17 bits per heavy atom. The molecule has 24 heavy (non-hydrogen) atoms. The van der Waals surface area contributed by atoms with E-state index in [1.54, 1.807) is 18.2 Å². The SMILES string of the molecule is CC.N#CC(=O)O/N=C/c1ccc2sc3ccccc3c(=O)c2c1. The van der Waals surface area contributed by atoms with E-state index in [4.69, 9.17) is 5.26 Å². The van der Waals surface area contributed by atoms with Crippen molar-refractivity contribution in [2.24, 2.45) is 5.16 Å².